The molecule has 0 aromatic heterocycles. The minimum Gasteiger partial charge on any atom is -0.392 e. The molecule has 2 rings (SSSR count). The van der Waals surface area contributed by atoms with E-state index in [2.05, 4.69) is 5.32 Å². The lowest BCUT2D eigenvalue weighted by molar-refractivity contribution is 0.196. The van der Waals surface area contributed by atoms with Gasteiger partial charge in [0, 0.05) is 17.8 Å². The lowest BCUT2D eigenvalue weighted by Gasteiger charge is -2.15. The first-order valence-corrected chi connectivity index (χ1v) is 7.41. The van der Waals surface area contributed by atoms with Gasteiger partial charge in [-0.1, -0.05) is 6.92 Å². The van der Waals surface area contributed by atoms with Crippen LogP contribution in [-0.2, 0) is 6.54 Å². The van der Waals surface area contributed by atoms with Gasteiger partial charge < -0.3 is 10.4 Å². The largest absolute Gasteiger partial charge is 0.392 e. The molecule has 2 unspecified atom stereocenters. The van der Waals surface area contributed by atoms with E-state index in [-0.39, 0.29) is 10.1 Å². The highest BCUT2D eigenvalue weighted by molar-refractivity contribution is 8.00. The zero-order valence-electron chi connectivity index (χ0n) is 11.1. The fourth-order valence-corrected chi connectivity index (χ4v) is 2.57. The van der Waals surface area contributed by atoms with Gasteiger partial charge in [0.1, 0.15) is 11.6 Å². The molecule has 0 spiro atoms. The maximum Gasteiger partial charge on any atom is 0.140 e. The monoisotopic (exact) mass is 287 g/mol. The normalized spacial score (nSPS) is 18.4. The quantitative estimate of drug-likeness (QED) is 0.789. The maximum absolute atomic E-state index is 13.9. The molecule has 2 atom stereocenters. The summed E-state index contributed by atoms with van der Waals surface area (Å²) >= 11 is 1.03. The van der Waals surface area contributed by atoms with Crippen LogP contribution in [0.1, 0.15) is 32.3 Å². The van der Waals surface area contributed by atoms with Gasteiger partial charge in [-0.3, -0.25) is 0 Å². The topological polar surface area (TPSA) is 32.3 Å². The van der Waals surface area contributed by atoms with Crippen molar-refractivity contribution in [2.75, 3.05) is 0 Å². The van der Waals surface area contributed by atoms with Crippen molar-refractivity contribution in [1.29, 1.82) is 0 Å². The first-order chi connectivity index (χ1) is 8.97. The van der Waals surface area contributed by atoms with Crippen molar-refractivity contribution in [1.82, 2.24) is 5.32 Å². The van der Waals surface area contributed by atoms with E-state index in [4.69, 9.17) is 0 Å². The highest BCUT2D eigenvalue weighted by Crippen LogP contribution is 2.31. The first-order valence-electron chi connectivity index (χ1n) is 6.53. The predicted octanol–water partition coefficient (Wildman–Crippen LogP) is 3.08. The average molecular weight is 287 g/mol. The number of halogens is 2. The molecule has 5 heteroatoms. The maximum atomic E-state index is 13.9. The molecule has 19 heavy (non-hydrogen) atoms. The van der Waals surface area contributed by atoms with Crippen LogP contribution in [0.4, 0.5) is 8.78 Å². The van der Waals surface area contributed by atoms with Gasteiger partial charge in [-0.2, -0.15) is 0 Å². The number of nitrogens with one attached hydrogen (secondary N) is 1. The van der Waals surface area contributed by atoms with Crippen molar-refractivity contribution < 1.29 is 13.9 Å². The number of thioether (sulfide) groups is 1. The molecular weight excluding hydrogens is 268 g/mol. The van der Waals surface area contributed by atoms with Crippen LogP contribution < -0.4 is 5.32 Å². The van der Waals surface area contributed by atoms with E-state index in [9.17, 15) is 13.9 Å². The van der Waals surface area contributed by atoms with E-state index >= 15 is 0 Å². The zero-order chi connectivity index (χ0) is 14.0. The Morgan fingerprint density at radius 1 is 1.32 bits per heavy atom. The summed E-state index contributed by atoms with van der Waals surface area (Å²) in [5.74, 6) is -1.10. The molecule has 1 fully saturated rings. The number of rotatable bonds is 6. The van der Waals surface area contributed by atoms with Gasteiger partial charge in [0.2, 0.25) is 0 Å². The van der Waals surface area contributed by atoms with Gasteiger partial charge in [0.15, 0.2) is 0 Å². The summed E-state index contributed by atoms with van der Waals surface area (Å²) in [4.78, 5) is -0.0106. The molecular formula is C14H19F2NOS. The minimum atomic E-state index is -0.611. The van der Waals surface area contributed by atoms with E-state index < -0.39 is 17.7 Å². The van der Waals surface area contributed by atoms with Crippen LogP contribution in [0, 0.1) is 11.6 Å². The van der Waals surface area contributed by atoms with Gasteiger partial charge >= 0.3 is 0 Å². The summed E-state index contributed by atoms with van der Waals surface area (Å²) in [6, 6.07) is 3.25. The molecule has 0 radical (unpaired) electrons. The Morgan fingerprint density at radius 2 is 1.89 bits per heavy atom. The fraction of sp³-hybridized carbons (Fsp3) is 0.571. The van der Waals surface area contributed by atoms with E-state index in [1.807, 2.05) is 0 Å². The second-order valence-corrected chi connectivity index (χ2v) is 6.49. The molecule has 0 saturated heterocycles. The summed E-state index contributed by atoms with van der Waals surface area (Å²) < 4.78 is 27.8. The van der Waals surface area contributed by atoms with Gasteiger partial charge in [-0.25, -0.2) is 8.78 Å². The smallest absolute Gasteiger partial charge is 0.140 e. The molecule has 1 aromatic carbocycles. The second-order valence-electron chi connectivity index (χ2n) is 5.11. The summed E-state index contributed by atoms with van der Waals surface area (Å²) in [5.41, 5.74) is 0.621. The number of aliphatic hydroxyl groups excluding tert-OH is 1. The molecule has 1 aliphatic rings. The Balaban J connectivity index is 2.07. The van der Waals surface area contributed by atoms with E-state index in [0.29, 0.717) is 18.2 Å². The molecule has 0 heterocycles. The minimum absolute atomic E-state index is 0.0106. The molecule has 0 amide bonds. The van der Waals surface area contributed by atoms with Gasteiger partial charge in [0.05, 0.1) is 11.0 Å². The summed E-state index contributed by atoms with van der Waals surface area (Å²) in [7, 11) is 0. The molecule has 2 nitrogen and oxygen atoms in total. The molecule has 0 bridgehead atoms. The van der Waals surface area contributed by atoms with Crippen molar-refractivity contribution >= 4 is 11.8 Å². The summed E-state index contributed by atoms with van der Waals surface area (Å²) in [6.07, 6.45) is 1.68. The third kappa shape index (κ3) is 4.16. The van der Waals surface area contributed by atoms with Gasteiger partial charge in [-0.05, 0) is 37.5 Å². The standard InChI is InChI=1S/C14H19F2NOS/c1-8(18)9(2)19-14-12(15)5-10(6-13(14)16)7-17-11-3-4-11/h5-6,8-9,11,17-18H,3-4,7H2,1-2H3. The first kappa shape index (κ1) is 14.8. The Bertz CT molecular complexity index is 426. The molecule has 106 valence electrons. The molecule has 1 saturated carbocycles. The van der Waals surface area contributed by atoms with E-state index in [1.165, 1.54) is 12.1 Å². The Kier molecular flexibility index (Phi) is 4.81. The van der Waals surface area contributed by atoms with Crippen molar-refractivity contribution in [3.8, 4) is 0 Å². The zero-order valence-corrected chi connectivity index (χ0v) is 11.9. The number of benzene rings is 1. The summed E-state index contributed by atoms with van der Waals surface area (Å²) in [5, 5.41) is 12.4. The molecule has 1 aliphatic carbocycles. The molecule has 1 aromatic rings. The second kappa shape index (κ2) is 6.20. The third-order valence-electron chi connectivity index (χ3n) is 3.21. The molecule has 2 N–H and O–H groups in total. The average Bonchev–Trinajstić information content (AvgIpc) is 3.14. The Hall–Kier alpha value is -0.650. The number of hydrogen-bond donors (Lipinski definition) is 2. The van der Waals surface area contributed by atoms with Crippen molar-refractivity contribution in [3.63, 3.8) is 0 Å². The van der Waals surface area contributed by atoms with E-state index in [0.717, 1.165) is 24.6 Å². The highest BCUT2D eigenvalue weighted by atomic mass is 32.2. The van der Waals surface area contributed by atoms with Crippen LogP contribution >= 0.6 is 11.8 Å². The number of aliphatic hydroxyl groups is 1. The summed E-state index contributed by atoms with van der Waals surface area (Å²) in [6.45, 7) is 3.85. The number of hydrogen-bond acceptors (Lipinski definition) is 3. The predicted molar refractivity (Wildman–Crippen MR) is 73.2 cm³/mol. The van der Waals surface area contributed by atoms with Crippen LogP contribution in [0.2, 0.25) is 0 Å². The van der Waals surface area contributed by atoms with Crippen LogP contribution in [0.5, 0.6) is 0 Å². The van der Waals surface area contributed by atoms with Crippen LogP contribution in [0.3, 0.4) is 0 Å². The SMILES string of the molecule is CC(O)C(C)Sc1c(F)cc(CNC2CC2)cc1F. The fourth-order valence-electron chi connectivity index (χ4n) is 1.66. The van der Waals surface area contributed by atoms with Gasteiger partial charge in [0.25, 0.3) is 0 Å². The van der Waals surface area contributed by atoms with Crippen molar-refractivity contribution in [3.05, 3.63) is 29.3 Å². The molecule has 0 aliphatic heterocycles. The lowest BCUT2D eigenvalue weighted by Crippen LogP contribution is -2.17. The van der Waals surface area contributed by atoms with Crippen LogP contribution in [0.25, 0.3) is 0 Å². The van der Waals surface area contributed by atoms with Crippen LogP contribution in [-0.4, -0.2) is 22.5 Å². The Morgan fingerprint density at radius 3 is 2.37 bits per heavy atom. The highest BCUT2D eigenvalue weighted by Gasteiger charge is 2.21. The van der Waals surface area contributed by atoms with Crippen molar-refractivity contribution in [2.45, 2.75) is 55.5 Å². The Labute approximate surface area is 116 Å². The van der Waals surface area contributed by atoms with Crippen LogP contribution in [0.15, 0.2) is 17.0 Å². The van der Waals surface area contributed by atoms with E-state index in [1.54, 1.807) is 13.8 Å². The van der Waals surface area contributed by atoms with Gasteiger partial charge in [-0.15, -0.1) is 11.8 Å². The van der Waals surface area contributed by atoms with Crippen molar-refractivity contribution in [2.24, 2.45) is 0 Å². The lowest BCUT2D eigenvalue weighted by atomic mass is 10.2. The third-order valence-corrected chi connectivity index (χ3v) is 4.60.